The average molecular weight is 701 g/mol. The highest BCUT2D eigenvalue weighted by atomic mass is 16.6. The number of carbonyl (C=O) groups excluding carboxylic acids is 2. The molecule has 3 aromatic heterocycles. The third-order valence-electron chi connectivity index (χ3n) is 8.46. The summed E-state index contributed by atoms with van der Waals surface area (Å²) in [5.74, 6) is 1.58. The summed E-state index contributed by atoms with van der Waals surface area (Å²) in [7, 11) is 1.60. The molecular weight excluding hydrogens is 656 g/mol. The van der Waals surface area contributed by atoms with Crippen LogP contribution in [-0.2, 0) is 23.4 Å². The number of fused-ring (bicyclic) bond motifs is 1. The standard InChI is InChI=1S/C40H42N8O4/c1-28-12-14-30(15-13-28)48-37(26-35(45-48)40(2,3)4)44-39(50)42-33-16-17-34(32-10-7-6-9-31(32)33)52-27-29-18-19-41-36(25-29)43-38(49)11-8-20-46-21-23-47(51-5)24-22-46/h6-7,9-10,12-19,21-26H,8,11,20,27H2,1-5H3,(H-,41,42,43,49,50)/p+2. The summed E-state index contributed by atoms with van der Waals surface area (Å²) >= 11 is 0. The van der Waals surface area contributed by atoms with Crippen molar-refractivity contribution in [3.05, 3.63) is 127 Å². The summed E-state index contributed by atoms with van der Waals surface area (Å²) in [5.41, 5.74) is 4.13. The molecule has 266 valence electrons. The Kier molecular flexibility index (Phi) is 10.7. The Morgan fingerprint density at radius 1 is 0.865 bits per heavy atom. The number of carbonyl (C=O) groups is 2. The first-order valence-corrected chi connectivity index (χ1v) is 17.2. The molecule has 0 saturated carbocycles. The van der Waals surface area contributed by atoms with Crippen LogP contribution in [0.1, 0.15) is 50.4 Å². The maximum atomic E-state index is 13.4. The third kappa shape index (κ3) is 8.88. The van der Waals surface area contributed by atoms with Crippen LogP contribution in [0.2, 0.25) is 0 Å². The van der Waals surface area contributed by atoms with Gasteiger partial charge in [0.25, 0.3) is 12.4 Å². The number of anilines is 3. The van der Waals surface area contributed by atoms with Crippen LogP contribution in [-0.4, -0.2) is 33.8 Å². The molecule has 0 unspecified atom stereocenters. The topological polar surface area (TPSA) is 127 Å². The normalized spacial score (nSPS) is 11.2. The lowest BCUT2D eigenvalue weighted by atomic mass is 9.92. The number of pyridine rings is 1. The number of ether oxygens (including phenoxy) is 1. The van der Waals surface area contributed by atoms with E-state index < -0.39 is 6.03 Å². The average Bonchev–Trinajstić information content (AvgIpc) is 3.56. The van der Waals surface area contributed by atoms with Crippen LogP contribution in [0.5, 0.6) is 5.75 Å². The van der Waals surface area contributed by atoms with Crippen LogP contribution in [0.4, 0.5) is 22.1 Å². The van der Waals surface area contributed by atoms with Crippen molar-refractivity contribution in [2.75, 3.05) is 23.1 Å². The lowest BCUT2D eigenvalue weighted by Gasteiger charge is -2.15. The number of aromatic nitrogens is 5. The van der Waals surface area contributed by atoms with E-state index >= 15 is 0 Å². The van der Waals surface area contributed by atoms with Gasteiger partial charge < -0.3 is 15.4 Å². The Morgan fingerprint density at radius 3 is 2.35 bits per heavy atom. The Labute approximate surface area is 303 Å². The number of benzene rings is 3. The molecule has 3 N–H and O–H groups in total. The summed E-state index contributed by atoms with van der Waals surface area (Å²) in [5, 5.41) is 15.4. The first-order valence-electron chi connectivity index (χ1n) is 17.2. The molecular formula is C40H44N8O4+2. The largest absolute Gasteiger partial charge is 0.488 e. The minimum atomic E-state index is -0.391. The molecule has 0 aliphatic rings. The van der Waals surface area contributed by atoms with Gasteiger partial charge in [0.05, 0.1) is 17.1 Å². The van der Waals surface area contributed by atoms with E-state index in [9.17, 15) is 9.59 Å². The molecule has 0 radical (unpaired) electrons. The van der Waals surface area contributed by atoms with Crippen molar-refractivity contribution in [3.63, 3.8) is 0 Å². The number of aryl methyl sites for hydroxylation is 2. The maximum Gasteiger partial charge on any atom is 0.324 e. The molecule has 12 nitrogen and oxygen atoms in total. The molecule has 3 aromatic carbocycles. The number of nitrogens with zero attached hydrogens (tertiary/aromatic N) is 5. The summed E-state index contributed by atoms with van der Waals surface area (Å²) in [4.78, 5) is 35.5. The Hall–Kier alpha value is -6.30. The molecule has 0 saturated heterocycles. The summed E-state index contributed by atoms with van der Waals surface area (Å²) < 4.78 is 11.6. The van der Waals surface area contributed by atoms with Crippen molar-refractivity contribution >= 4 is 40.0 Å². The van der Waals surface area contributed by atoms with E-state index in [4.69, 9.17) is 14.7 Å². The van der Waals surface area contributed by atoms with E-state index in [-0.39, 0.29) is 17.9 Å². The van der Waals surface area contributed by atoms with E-state index in [0.29, 0.717) is 42.5 Å². The summed E-state index contributed by atoms with van der Waals surface area (Å²) in [6.07, 6.45) is 10.1. The highest BCUT2D eigenvalue weighted by molar-refractivity contribution is 6.07. The van der Waals surface area contributed by atoms with E-state index in [2.05, 4.69) is 41.7 Å². The van der Waals surface area contributed by atoms with Crippen molar-refractivity contribution < 1.29 is 28.5 Å². The monoisotopic (exact) mass is 700 g/mol. The van der Waals surface area contributed by atoms with Gasteiger partial charge in [0.1, 0.15) is 37.6 Å². The lowest BCUT2D eigenvalue weighted by Crippen LogP contribution is -2.45. The van der Waals surface area contributed by atoms with Crippen LogP contribution in [0.3, 0.4) is 0 Å². The van der Waals surface area contributed by atoms with Gasteiger partial charge in [0.2, 0.25) is 18.3 Å². The lowest BCUT2D eigenvalue weighted by molar-refractivity contribution is -0.896. The molecule has 12 heteroatoms. The van der Waals surface area contributed by atoms with Gasteiger partial charge in [-0.3, -0.25) is 14.9 Å². The SMILES string of the molecule is CO[n+]1cc[n+](CCCC(=O)Nc2cc(COc3ccc(NC(=O)Nc4cc(C(C)(C)C)nn4-c4ccc(C)cc4)c4ccccc34)ccn2)cc1. The van der Waals surface area contributed by atoms with Crippen LogP contribution >= 0.6 is 0 Å². The fourth-order valence-corrected chi connectivity index (χ4v) is 5.59. The molecule has 3 amide bonds. The number of urea groups is 1. The van der Waals surface area contributed by atoms with Gasteiger partial charge in [0.15, 0.2) is 0 Å². The Balaban J connectivity index is 1.09. The van der Waals surface area contributed by atoms with Crippen molar-refractivity contribution in [2.24, 2.45) is 0 Å². The van der Waals surface area contributed by atoms with Gasteiger partial charge in [-0.1, -0.05) is 62.7 Å². The van der Waals surface area contributed by atoms with Gasteiger partial charge >= 0.3 is 6.03 Å². The minimum absolute atomic E-state index is 0.110. The van der Waals surface area contributed by atoms with E-state index in [1.807, 2.05) is 103 Å². The van der Waals surface area contributed by atoms with Gasteiger partial charge in [-0.25, -0.2) is 14.5 Å². The van der Waals surface area contributed by atoms with Gasteiger partial charge in [-0.05, 0) is 48.9 Å². The number of rotatable bonds is 12. The molecule has 0 aliphatic heterocycles. The van der Waals surface area contributed by atoms with Crippen molar-refractivity contribution in [2.45, 2.75) is 59.1 Å². The van der Waals surface area contributed by atoms with Crippen LogP contribution in [0, 0.1) is 6.92 Å². The Morgan fingerprint density at radius 2 is 1.62 bits per heavy atom. The Bertz CT molecular complexity index is 2170. The zero-order valence-corrected chi connectivity index (χ0v) is 30.1. The second kappa shape index (κ2) is 15.7. The van der Waals surface area contributed by atoms with E-state index in [1.165, 1.54) is 0 Å². The smallest absolute Gasteiger partial charge is 0.324 e. The fourth-order valence-electron chi connectivity index (χ4n) is 5.59. The molecule has 0 spiro atoms. The van der Waals surface area contributed by atoms with Crippen molar-refractivity contribution in [1.82, 2.24) is 14.8 Å². The molecule has 6 rings (SSSR count). The number of hydrogen-bond acceptors (Lipinski definition) is 6. The van der Waals surface area contributed by atoms with Crippen molar-refractivity contribution in [3.8, 4) is 11.4 Å². The molecule has 3 heterocycles. The molecule has 6 aromatic rings. The summed E-state index contributed by atoms with van der Waals surface area (Å²) in [6.45, 7) is 9.26. The maximum absolute atomic E-state index is 13.4. The summed E-state index contributed by atoms with van der Waals surface area (Å²) in [6, 6.07) is 24.6. The molecule has 0 atom stereocenters. The predicted molar refractivity (Wildman–Crippen MR) is 199 cm³/mol. The molecule has 0 bridgehead atoms. The molecule has 52 heavy (non-hydrogen) atoms. The second-order valence-electron chi connectivity index (χ2n) is 13.5. The van der Waals surface area contributed by atoms with Crippen LogP contribution in [0.15, 0.2) is 110 Å². The van der Waals surface area contributed by atoms with Gasteiger partial charge in [-0.15, -0.1) is 0 Å². The molecule has 0 aliphatic carbocycles. The first kappa shape index (κ1) is 35.5. The zero-order chi connectivity index (χ0) is 36.7. The third-order valence-corrected chi connectivity index (χ3v) is 8.46. The number of hydrogen-bond donors (Lipinski definition) is 3. The highest BCUT2D eigenvalue weighted by Gasteiger charge is 2.22. The van der Waals surface area contributed by atoms with Gasteiger partial charge in [-0.2, -0.15) is 9.67 Å². The zero-order valence-electron chi connectivity index (χ0n) is 30.1. The fraction of sp³-hybridized carbons (Fsp3) is 0.250. The highest BCUT2D eigenvalue weighted by Crippen LogP contribution is 2.33. The van der Waals surface area contributed by atoms with Crippen molar-refractivity contribution in [1.29, 1.82) is 0 Å². The van der Waals surface area contributed by atoms with Gasteiger partial charge in [0, 0.05) is 46.0 Å². The quantitative estimate of drug-likeness (QED) is 0.129. The predicted octanol–water partition coefficient (Wildman–Crippen LogP) is 6.30. The second-order valence-corrected chi connectivity index (χ2v) is 13.5. The van der Waals surface area contributed by atoms with E-state index in [1.54, 1.807) is 35.1 Å². The van der Waals surface area contributed by atoms with Crippen LogP contribution in [0.25, 0.3) is 16.5 Å². The van der Waals surface area contributed by atoms with E-state index in [0.717, 1.165) is 33.3 Å². The van der Waals surface area contributed by atoms with Crippen LogP contribution < -0.4 is 34.8 Å². The molecule has 0 fully saturated rings. The number of nitrogens with one attached hydrogen (secondary N) is 3. The first-order chi connectivity index (χ1) is 25.1. The number of amides is 3. The minimum Gasteiger partial charge on any atom is -0.488 e.